The standard InChI is InChI=1S/2Al.3Cr.12O/q;;;;;;;;;;;6*-1. The van der Waals surface area contributed by atoms with Crippen molar-refractivity contribution in [2.75, 3.05) is 0 Å². The fourth-order valence-corrected chi connectivity index (χ4v) is 0. The maximum absolute atomic E-state index is 8.59. The molecule has 0 aliphatic rings. The fourth-order valence-electron chi connectivity index (χ4n) is 0. The van der Waals surface area contributed by atoms with Crippen LogP contribution in [0.15, 0.2) is 0 Å². The first-order valence-electron chi connectivity index (χ1n) is 2.00. The molecule has 0 aliphatic carbocycles. The van der Waals surface area contributed by atoms with Crippen LogP contribution in [-0.2, 0) is 63.7 Å². The molecule has 0 heterocycles. The normalized spacial score (nSPS) is 10.2. The van der Waals surface area contributed by atoms with E-state index in [4.69, 9.17) is 47.8 Å². The fraction of sp³-hybridized carbons (Fsp3) is 0. The van der Waals surface area contributed by atoms with Crippen LogP contribution in [0, 0.1) is 0 Å². The molecular weight excluding hydrogens is 402 g/mol. The Hall–Kier alpha value is 1.22. The van der Waals surface area contributed by atoms with Gasteiger partial charge in [-0.25, -0.2) is 0 Å². The first-order valence-corrected chi connectivity index (χ1v) is 8.25. The van der Waals surface area contributed by atoms with E-state index in [9.17, 15) is 0 Å². The van der Waals surface area contributed by atoms with E-state index in [-0.39, 0.29) is 34.7 Å². The molecule has 0 unspecified atom stereocenters. The van der Waals surface area contributed by atoms with Crippen molar-refractivity contribution in [3.63, 3.8) is 0 Å². The second-order valence-corrected chi connectivity index (χ2v) is 5.05. The predicted octanol–water partition coefficient (Wildman–Crippen LogP) is -8.62. The molecule has 17 heavy (non-hydrogen) atoms. The zero-order valence-corrected chi connectivity index (χ0v) is 13.4. The summed E-state index contributed by atoms with van der Waals surface area (Å²) < 4.78 is 103. The average molecular weight is 402 g/mol. The van der Waals surface area contributed by atoms with E-state index in [1.54, 1.807) is 0 Å². The van der Waals surface area contributed by atoms with E-state index in [1.807, 2.05) is 0 Å². The van der Waals surface area contributed by atoms with Crippen molar-refractivity contribution in [2.45, 2.75) is 0 Å². The van der Waals surface area contributed by atoms with Crippen molar-refractivity contribution in [1.82, 2.24) is 0 Å². The summed E-state index contributed by atoms with van der Waals surface area (Å²) in [7, 11) is 0. The van der Waals surface area contributed by atoms with Gasteiger partial charge in [-0.2, -0.15) is 0 Å². The summed E-state index contributed by atoms with van der Waals surface area (Å²) in [6, 6.07) is 0. The zero-order chi connectivity index (χ0) is 13.5. The van der Waals surface area contributed by atoms with Gasteiger partial charge in [0.05, 0.1) is 0 Å². The molecule has 0 saturated heterocycles. The minimum absolute atomic E-state index is 0. The van der Waals surface area contributed by atoms with Gasteiger partial charge in [0.1, 0.15) is 0 Å². The first-order chi connectivity index (χ1) is 6.00. The first kappa shape index (κ1) is 30.9. The summed E-state index contributed by atoms with van der Waals surface area (Å²) in [6.07, 6.45) is 0. The minimum atomic E-state index is -5.75. The zero-order valence-electron chi connectivity index (χ0n) is 7.28. The molecule has 0 fully saturated rings. The Bertz CT molecular complexity index is 341. The Morgan fingerprint density at radius 3 is 0.412 bits per heavy atom. The van der Waals surface area contributed by atoms with Gasteiger partial charge in [-0.15, -0.1) is 0 Å². The molecule has 17 heteroatoms. The molecule has 6 radical (unpaired) electrons. The van der Waals surface area contributed by atoms with Gasteiger partial charge < -0.3 is 0 Å². The molecule has 0 atom stereocenters. The van der Waals surface area contributed by atoms with E-state index >= 15 is 0 Å². The molecule has 0 N–H and O–H groups in total. The predicted molar refractivity (Wildman–Crippen MR) is 15.6 cm³/mol. The summed E-state index contributed by atoms with van der Waals surface area (Å²) in [5.74, 6) is 0. The Kier molecular flexibility index (Phi) is 22.3. The molecule has 0 spiro atoms. The Balaban J connectivity index is -0.0000000400. The molecule has 12 nitrogen and oxygen atoms in total. The van der Waals surface area contributed by atoms with Crippen molar-refractivity contribution in [3.8, 4) is 0 Å². The van der Waals surface area contributed by atoms with Crippen LogP contribution in [0.4, 0.5) is 0 Å². The second-order valence-electron chi connectivity index (χ2n) is 1.22. The molecule has 0 aromatic heterocycles. The SMILES string of the molecule is [Al].[Al].[O]=[Cr](=[O])([O-])[O-].[O]=[Cr](=[O])([O-])[O-].[O]=[Cr](=[O])([O-])[O-]. The van der Waals surface area contributed by atoms with E-state index in [1.165, 1.54) is 0 Å². The van der Waals surface area contributed by atoms with Crippen LogP contribution in [0.5, 0.6) is 0 Å². The molecule has 0 saturated carbocycles. The van der Waals surface area contributed by atoms with Gasteiger partial charge in [-0.05, 0) is 0 Å². The molecule has 0 aliphatic heterocycles. The number of hydrogen-bond acceptors (Lipinski definition) is 12. The van der Waals surface area contributed by atoms with Crippen molar-refractivity contribution in [3.05, 3.63) is 0 Å². The van der Waals surface area contributed by atoms with Crippen LogP contribution in [0.25, 0.3) is 0 Å². The van der Waals surface area contributed by atoms with Gasteiger partial charge >= 0.3 is 88.6 Å². The van der Waals surface area contributed by atoms with Crippen LogP contribution in [0.2, 0.25) is 0 Å². The van der Waals surface area contributed by atoms with Gasteiger partial charge in [-0.3, -0.25) is 0 Å². The summed E-state index contributed by atoms with van der Waals surface area (Å²) >= 11 is -17.2. The second kappa shape index (κ2) is 12.3. The van der Waals surface area contributed by atoms with Crippen molar-refractivity contribution in [2.24, 2.45) is 0 Å². The van der Waals surface area contributed by atoms with Crippen molar-refractivity contribution >= 4 is 34.7 Å². The van der Waals surface area contributed by atoms with Crippen LogP contribution >= 0.6 is 0 Å². The molecule has 102 valence electrons. The molecule has 0 aromatic rings. The third-order valence-electron chi connectivity index (χ3n) is 0. The Morgan fingerprint density at radius 2 is 0.412 bits per heavy atom. The Morgan fingerprint density at radius 1 is 0.412 bits per heavy atom. The summed E-state index contributed by atoms with van der Waals surface area (Å²) in [4.78, 5) is 0. The van der Waals surface area contributed by atoms with Crippen LogP contribution in [-0.4, -0.2) is 34.7 Å². The topological polar surface area (TPSA) is 241 Å². The quantitative estimate of drug-likeness (QED) is 0.343. The third kappa shape index (κ3) is 2670. The summed E-state index contributed by atoms with van der Waals surface area (Å²) in [6.45, 7) is 0. The number of hydrogen-bond donors (Lipinski definition) is 0. The molecule has 0 rings (SSSR count). The van der Waals surface area contributed by atoms with Crippen LogP contribution in [0.1, 0.15) is 0 Å². The maximum atomic E-state index is 8.59. The summed E-state index contributed by atoms with van der Waals surface area (Å²) in [5.41, 5.74) is 0. The molecular formula is Al2Cr3O12-6. The van der Waals surface area contributed by atoms with E-state index < -0.39 is 40.8 Å². The average Bonchev–Trinajstić information content (AvgIpc) is 1.41. The van der Waals surface area contributed by atoms with Crippen molar-refractivity contribution < 1.29 is 88.6 Å². The molecule has 0 aromatic carbocycles. The van der Waals surface area contributed by atoms with Gasteiger partial charge in [0.2, 0.25) is 0 Å². The van der Waals surface area contributed by atoms with Crippen molar-refractivity contribution in [1.29, 1.82) is 0 Å². The van der Waals surface area contributed by atoms with E-state index in [2.05, 4.69) is 0 Å². The van der Waals surface area contributed by atoms with Gasteiger partial charge in [0, 0.05) is 34.7 Å². The molecule has 0 bridgehead atoms. The van der Waals surface area contributed by atoms with Crippen LogP contribution < -0.4 is 24.9 Å². The van der Waals surface area contributed by atoms with Gasteiger partial charge in [0.25, 0.3) is 0 Å². The number of rotatable bonds is 0. The third-order valence-corrected chi connectivity index (χ3v) is 0. The Labute approximate surface area is 122 Å². The molecule has 0 amide bonds. The van der Waals surface area contributed by atoms with E-state index in [0.29, 0.717) is 0 Å². The van der Waals surface area contributed by atoms with Gasteiger partial charge in [0.15, 0.2) is 0 Å². The van der Waals surface area contributed by atoms with Gasteiger partial charge in [-0.1, -0.05) is 0 Å². The monoisotopic (exact) mass is 402 g/mol. The van der Waals surface area contributed by atoms with E-state index in [0.717, 1.165) is 0 Å². The summed E-state index contributed by atoms with van der Waals surface area (Å²) in [5, 5.41) is 0. The van der Waals surface area contributed by atoms with Crippen LogP contribution in [0.3, 0.4) is 0 Å².